The highest BCUT2D eigenvalue weighted by atomic mass is 16.5. The van der Waals surface area contributed by atoms with Gasteiger partial charge in [0.25, 0.3) is 0 Å². The molecule has 0 saturated carbocycles. The van der Waals surface area contributed by atoms with Crippen molar-refractivity contribution in [2.24, 2.45) is 11.8 Å². The van der Waals surface area contributed by atoms with Crippen LogP contribution < -0.4 is 5.32 Å². The molecule has 3 heteroatoms. The molecular formula is C15H32N2O. The van der Waals surface area contributed by atoms with Gasteiger partial charge in [0.1, 0.15) is 0 Å². The Bertz CT molecular complexity index is 197. The van der Waals surface area contributed by atoms with Gasteiger partial charge in [0.2, 0.25) is 0 Å². The summed E-state index contributed by atoms with van der Waals surface area (Å²) in [4.78, 5) is 2.61. The molecule has 0 spiro atoms. The van der Waals surface area contributed by atoms with Crippen molar-refractivity contribution < 1.29 is 4.74 Å². The van der Waals surface area contributed by atoms with Gasteiger partial charge in [0, 0.05) is 32.8 Å². The zero-order valence-corrected chi connectivity index (χ0v) is 12.6. The molecule has 1 aliphatic heterocycles. The van der Waals surface area contributed by atoms with Crippen molar-refractivity contribution in [1.82, 2.24) is 10.2 Å². The highest BCUT2D eigenvalue weighted by molar-refractivity contribution is 4.77. The molecule has 1 aliphatic rings. The minimum atomic E-state index is 0.847. The fourth-order valence-corrected chi connectivity index (χ4v) is 2.57. The first-order valence-electron chi connectivity index (χ1n) is 7.74. The maximum atomic E-state index is 5.32. The molecule has 0 aromatic rings. The van der Waals surface area contributed by atoms with Crippen molar-refractivity contribution in [2.45, 2.75) is 40.0 Å². The van der Waals surface area contributed by atoms with Crippen molar-refractivity contribution in [3.8, 4) is 0 Å². The van der Waals surface area contributed by atoms with Crippen molar-refractivity contribution >= 4 is 0 Å². The average Bonchev–Trinajstić information content (AvgIpc) is 2.81. The average molecular weight is 256 g/mol. The van der Waals surface area contributed by atoms with Crippen molar-refractivity contribution in [3.05, 3.63) is 0 Å². The molecule has 0 amide bonds. The third kappa shape index (κ3) is 6.72. The van der Waals surface area contributed by atoms with Gasteiger partial charge < -0.3 is 15.0 Å². The summed E-state index contributed by atoms with van der Waals surface area (Å²) in [5.74, 6) is 1.78. The summed E-state index contributed by atoms with van der Waals surface area (Å²) >= 11 is 0. The number of rotatable bonds is 10. The van der Waals surface area contributed by atoms with Crippen LogP contribution in [0.2, 0.25) is 0 Å². The molecule has 0 aromatic heterocycles. The fraction of sp³-hybridized carbons (Fsp3) is 1.00. The lowest BCUT2D eigenvalue weighted by atomic mass is 9.95. The summed E-state index contributed by atoms with van der Waals surface area (Å²) in [6, 6.07) is 0. The number of hydrogen-bond acceptors (Lipinski definition) is 3. The van der Waals surface area contributed by atoms with Gasteiger partial charge in [-0.3, -0.25) is 0 Å². The van der Waals surface area contributed by atoms with Crippen LogP contribution >= 0.6 is 0 Å². The zero-order chi connectivity index (χ0) is 13.2. The molecule has 3 nitrogen and oxygen atoms in total. The molecule has 1 N–H and O–H groups in total. The molecule has 0 bridgehead atoms. The summed E-state index contributed by atoms with van der Waals surface area (Å²) in [6.45, 7) is 14.6. The van der Waals surface area contributed by atoms with E-state index in [-0.39, 0.29) is 0 Å². The summed E-state index contributed by atoms with van der Waals surface area (Å²) in [5.41, 5.74) is 0. The topological polar surface area (TPSA) is 24.5 Å². The SMILES string of the molecule is CCOCCCCNCCN1CCC(C(C)C)C1. The smallest absolute Gasteiger partial charge is 0.0466 e. The molecule has 1 unspecified atom stereocenters. The molecule has 1 heterocycles. The van der Waals surface area contributed by atoms with Crippen LogP contribution in [0.3, 0.4) is 0 Å². The second kappa shape index (κ2) is 9.76. The Kier molecular flexibility index (Phi) is 8.64. The van der Waals surface area contributed by atoms with Gasteiger partial charge >= 0.3 is 0 Å². The normalized spacial score (nSPS) is 21.0. The first-order valence-corrected chi connectivity index (χ1v) is 7.74. The van der Waals surface area contributed by atoms with E-state index in [2.05, 4.69) is 31.0 Å². The highest BCUT2D eigenvalue weighted by Gasteiger charge is 2.23. The summed E-state index contributed by atoms with van der Waals surface area (Å²) in [7, 11) is 0. The van der Waals surface area contributed by atoms with Gasteiger partial charge in [-0.1, -0.05) is 13.8 Å². The van der Waals surface area contributed by atoms with E-state index in [9.17, 15) is 0 Å². The Balaban J connectivity index is 1.87. The third-order valence-corrected chi connectivity index (χ3v) is 3.95. The van der Waals surface area contributed by atoms with Gasteiger partial charge in [-0.25, -0.2) is 0 Å². The molecule has 0 aromatic carbocycles. The number of unbranched alkanes of at least 4 members (excludes halogenated alkanes) is 1. The number of nitrogens with zero attached hydrogens (tertiary/aromatic N) is 1. The van der Waals surface area contributed by atoms with E-state index in [4.69, 9.17) is 4.74 Å². The Morgan fingerprint density at radius 3 is 2.78 bits per heavy atom. The summed E-state index contributed by atoms with van der Waals surface area (Å²) in [5, 5.41) is 3.54. The quantitative estimate of drug-likeness (QED) is 0.607. The second-order valence-corrected chi connectivity index (χ2v) is 5.75. The first kappa shape index (κ1) is 15.9. The van der Waals surface area contributed by atoms with Crippen LogP contribution in [0.5, 0.6) is 0 Å². The molecule has 1 atom stereocenters. The van der Waals surface area contributed by atoms with Crippen LogP contribution in [0, 0.1) is 11.8 Å². The van der Waals surface area contributed by atoms with Crippen molar-refractivity contribution in [1.29, 1.82) is 0 Å². The van der Waals surface area contributed by atoms with Crippen LogP contribution in [-0.4, -0.2) is 50.8 Å². The number of likely N-dealkylation sites (tertiary alicyclic amines) is 1. The van der Waals surface area contributed by atoms with Gasteiger partial charge in [-0.2, -0.15) is 0 Å². The Morgan fingerprint density at radius 2 is 2.11 bits per heavy atom. The maximum absolute atomic E-state index is 5.32. The van der Waals surface area contributed by atoms with E-state index in [1.165, 1.54) is 38.9 Å². The summed E-state index contributed by atoms with van der Waals surface area (Å²) < 4.78 is 5.32. The molecular weight excluding hydrogens is 224 g/mol. The number of ether oxygens (including phenoxy) is 1. The molecule has 108 valence electrons. The molecule has 1 rings (SSSR count). The van der Waals surface area contributed by atoms with E-state index in [1.807, 2.05) is 0 Å². The van der Waals surface area contributed by atoms with Gasteiger partial charge in [0.15, 0.2) is 0 Å². The fourth-order valence-electron chi connectivity index (χ4n) is 2.57. The monoisotopic (exact) mass is 256 g/mol. The van der Waals surface area contributed by atoms with Crippen LogP contribution in [0.25, 0.3) is 0 Å². The largest absolute Gasteiger partial charge is 0.382 e. The standard InChI is InChI=1S/C15H32N2O/c1-4-18-12-6-5-8-16-9-11-17-10-7-15(13-17)14(2)3/h14-16H,4-13H2,1-3H3. The Hall–Kier alpha value is -0.120. The van der Waals surface area contributed by atoms with Crippen molar-refractivity contribution in [3.63, 3.8) is 0 Å². The van der Waals surface area contributed by atoms with E-state index < -0.39 is 0 Å². The van der Waals surface area contributed by atoms with Crippen LogP contribution in [0.4, 0.5) is 0 Å². The highest BCUT2D eigenvalue weighted by Crippen LogP contribution is 2.22. The molecule has 18 heavy (non-hydrogen) atoms. The van der Waals surface area contributed by atoms with Crippen molar-refractivity contribution in [2.75, 3.05) is 45.9 Å². The van der Waals surface area contributed by atoms with Gasteiger partial charge in [0.05, 0.1) is 0 Å². The maximum Gasteiger partial charge on any atom is 0.0466 e. The van der Waals surface area contributed by atoms with Crippen LogP contribution in [0.1, 0.15) is 40.0 Å². The lowest BCUT2D eigenvalue weighted by molar-refractivity contribution is 0.143. The number of nitrogens with one attached hydrogen (secondary N) is 1. The second-order valence-electron chi connectivity index (χ2n) is 5.75. The van der Waals surface area contributed by atoms with E-state index in [0.717, 1.165) is 38.1 Å². The lowest BCUT2D eigenvalue weighted by Gasteiger charge is -2.18. The molecule has 1 saturated heterocycles. The zero-order valence-electron chi connectivity index (χ0n) is 12.6. The van der Waals surface area contributed by atoms with Crippen LogP contribution in [0.15, 0.2) is 0 Å². The van der Waals surface area contributed by atoms with Gasteiger partial charge in [-0.15, -0.1) is 0 Å². The molecule has 0 aliphatic carbocycles. The van der Waals surface area contributed by atoms with Gasteiger partial charge in [-0.05, 0) is 51.1 Å². The molecule has 0 radical (unpaired) electrons. The summed E-state index contributed by atoms with van der Waals surface area (Å²) in [6.07, 6.45) is 3.81. The predicted molar refractivity (Wildman–Crippen MR) is 78.0 cm³/mol. The van der Waals surface area contributed by atoms with E-state index in [1.54, 1.807) is 0 Å². The van der Waals surface area contributed by atoms with E-state index >= 15 is 0 Å². The Morgan fingerprint density at radius 1 is 1.28 bits per heavy atom. The minimum absolute atomic E-state index is 0.847. The predicted octanol–water partition coefficient (Wildman–Crippen LogP) is 2.37. The molecule has 1 fully saturated rings. The van der Waals surface area contributed by atoms with E-state index in [0.29, 0.717) is 0 Å². The third-order valence-electron chi connectivity index (χ3n) is 3.95. The first-order chi connectivity index (χ1) is 8.74. The number of hydrogen-bond donors (Lipinski definition) is 1. The van der Waals surface area contributed by atoms with Crippen LogP contribution in [-0.2, 0) is 4.74 Å². The Labute approximate surface area is 113 Å². The minimum Gasteiger partial charge on any atom is -0.382 e. The lowest BCUT2D eigenvalue weighted by Crippen LogP contribution is -2.31.